The average Bonchev–Trinajstić information content (AvgIpc) is 2.57. The molecule has 1 atom stereocenters. The minimum Gasteiger partial charge on any atom is -0.481 e. The van der Waals surface area contributed by atoms with E-state index in [0.717, 1.165) is 12.1 Å². The zero-order valence-electron chi connectivity index (χ0n) is 14.9. The summed E-state index contributed by atoms with van der Waals surface area (Å²) in [6.45, 7) is 3.10. The molecule has 1 aromatic rings. The standard InChI is InChI=1S/C18H20F2N2O5/c1-3-27-17(25)14-10(2)22(9-5-8-13(23)24)18(26)21-16(14)15-11(19)6-4-7-12(15)20/h4,6-7,16H,3,5,8-9H2,1-2H3,(H,21,26)(H,23,24)/t16-/m0/s1. The molecule has 9 heteroatoms. The fraction of sp³-hybridized carbons (Fsp3) is 0.389. The maximum atomic E-state index is 14.3. The van der Waals surface area contributed by atoms with E-state index >= 15 is 0 Å². The Balaban J connectivity index is 2.48. The van der Waals surface area contributed by atoms with Gasteiger partial charge < -0.3 is 15.2 Å². The number of aliphatic carboxylic acids is 1. The summed E-state index contributed by atoms with van der Waals surface area (Å²) in [5, 5.41) is 11.2. The minimum absolute atomic E-state index is 0.0271. The molecule has 0 saturated heterocycles. The van der Waals surface area contributed by atoms with Crippen LogP contribution in [0.15, 0.2) is 29.5 Å². The van der Waals surface area contributed by atoms with Crippen LogP contribution < -0.4 is 5.32 Å². The number of esters is 1. The number of rotatable bonds is 7. The molecule has 0 saturated carbocycles. The Kier molecular flexibility index (Phi) is 6.49. The lowest BCUT2D eigenvalue weighted by atomic mass is 9.94. The molecule has 27 heavy (non-hydrogen) atoms. The lowest BCUT2D eigenvalue weighted by Gasteiger charge is -2.35. The third-order valence-corrected chi connectivity index (χ3v) is 4.15. The quantitative estimate of drug-likeness (QED) is 0.707. The molecular formula is C18H20F2N2O5. The van der Waals surface area contributed by atoms with E-state index in [1.807, 2.05) is 0 Å². The highest BCUT2D eigenvalue weighted by Crippen LogP contribution is 2.34. The largest absolute Gasteiger partial charge is 0.481 e. The van der Waals surface area contributed by atoms with E-state index in [9.17, 15) is 23.2 Å². The van der Waals surface area contributed by atoms with E-state index in [4.69, 9.17) is 9.84 Å². The van der Waals surface area contributed by atoms with Crippen molar-refractivity contribution >= 4 is 18.0 Å². The summed E-state index contributed by atoms with van der Waals surface area (Å²) >= 11 is 0. The maximum absolute atomic E-state index is 14.3. The number of nitrogens with one attached hydrogen (secondary N) is 1. The lowest BCUT2D eigenvalue weighted by Crippen LogP contribution is -2.48. The minimum atomic E-state index is -1.35. The van der Waals surface area contributed by atoms with Crippen LogP contribution in [-0.2, 0) is 14.3 Å². The van der Waals surface area contributed by atoms with Crippen molar-refractivity contribution in [2.75, 3.05) is 13.2 Å². The van der Waals surface area contributed by atoms with Crippen LogP contribution in [0.5, 0.6) is 0 Å². The van der Waals surface area contributed by atoms with Gasteiger partial charge in [-0.3, -0.25) is 9.69 Å². The van der Waals surface area contributed by atoms with Crippen molar-refractivity contribution in [1.29, 1.82) is 0 Å². The van der Waals surface area contributed by atoms with Crippen molar-refractivity contribution in [3.05, 3.63) is 46.7 Å². The first-order chi connectivity index (χ1) is 12.8. The first kappa shape index (κ1) is 20.3. The fourth-order valence-corrected chi connectivity index (χ4v) is 2.92. The summed E-state index contributed by atoms with van der Waals surface area (Å²) in [5.41, 5.74) is -0.399. The van der Waals surface area contributed by atoms with Crippen molar-refractivity contribution < 1.29 is 33.0 Å². The van der Waals surface area contributed by atoms with Crippen molar-refractivity contribution in [3.8, 4) is 0 Å². The van der Waals surface area contributed by atoms with Gasteiger partial charge in [0.15, 0.2) is 0 Å². The van der Waals surface area contributed by atoms with Gasteiger partial charge in [-0.2, -0.15) is 0 Å². The molecule has 0 aliphatic carbocycles. The Bertz CT molecular complexity index is 774. The number of halogens is 2. The number of benzene rings is 1. The summed E-state index contributed by atoms with van der Waals surface area (Å²) in [4.78, 5) is 36.8. The first-order valence-electron chi connectivity index (χ1n) is 8.39. The van der Waals surface area contributed by atoms with Crippen LogP contribution in [0.25, 0.3) is 0 Å². The third-order valence-electron chi connectivity index (χ3n) is 4.15. The van der Waals surface area contributed by atoms with Gasteiger partial charge in [0.05, 0.1) is 23.8 Å². The van der Waals surface area contributed by atoms with Crippen LogP contribution in [0, 0.1) is 11.6 Å². The van der Waals surface area contributed by atoms with E-state index in [2.05, 4.69) is 5.32 Å². The highest BCUT2D eigenvalue weighted by molar-refractivity contribution is 5.95. The molecule has 0 spiro atoms. The zero-order valence-corrected chi connectivity index (χ0v) is 14.9. The van der Waals surface area contributed by atoms with E-state index < -0.39 is 41.2 Å². The number of carbonyl (C=O) groups is 3. The summed E-state index contributed by atoms with van der Waals surface area (Å²) in [7, 11) is 0. The number of urea groups is 1. The van der Waals surface area contributed by atoms with Crippen LogP contribution in [0.2, 0.25) is 0 Å². The van der Waals surface area contributed by atoms with Crippen LogP contribution in [0.4, 0.5) is 13.6 Å². The van der Waals surface area contributed by atoms with Gasteiger partial charge in [-0.15, -0.1) is 0 Å². The predicted molar refractivity (Wildman–Crippen MR) is 90.5 cm³/mol. The molecule has 0 aromatic heterocycles. The highest BCUT2D eigenvalue weighted by Gasteiger charge is 2.38. The molecule has 0 fully saturated rings. The Morgan fingerprint density at radius 3 is 2.48 bits per heavy atom. The SMILES string of the molecule is CCOC(=O)C1=C(C)N(CCCC(=O)O)C(=O)N[C@@H]1c1c(F)cccc1F. The van der Waals surface area contributed by atoms with Gasteiger partial charge in [-0.25, -0.2) is 18.4 Å². The Hall–Kier alpha value is -2.97. The summed E-state index contributed by atoms with van der Waals surface area (Å²) in [5.74, 6) is -3.65. The van der Waals surface area contributed by atoms with Gasteiger partial charge >= 0.3 is 18.0 Å². The Labute approximate surface area is 154 Å². The molecular weight excluding hydrogens is 362 g/mol. The summed E-state index contributed by atoms with van der Waals surface area (Å²) in [6, 6.07) is 1.20. The van der Waals surface area contributed by atoms with Crippen molar-refractivity contribution in [3.63, 3.8) is 0 Å². The molecule has 2 amide bonds. The Morgan fingerprint density at radius 2 is 1.93 bits per heavy atom. The topological polar surface area (TPSA) is 95.9 Å². The van der Waals surface area contributed by atoms with Gasteiger partial charge in [0, 0.05) is 18.7 Å². The van der Waals surface area contributed by atoms with E-state index in [1.165, 1.54) is 17.9 Å². The van der Waals surface area contributed by atoms with Crippen LogP contribution in [0.1, 0.15) is 38.3 Å². The first-order valence-corrected chi connectivity index (χ1v) is 8.39. The zero-order chi connectivity index (χ0) is 20.1. The highest BCUT2D eigenvalue weighted by atomic mass is 19.1. The lowest BCUT2D eigenvalue weighted by molar-refractivity contribution is -0.139. The number of carboxylic acids is 1. The number of ether oxygens (including phenoxy) is 1. The molecule has 1 heterocycles. The van der Waals surface area contributed by atoms with Gasteiger partial charge in [0.25, 0.3) is 0 Å². The third kappa shape index (κ3) is 4.42. The molecule has 2 rings (SSSR count). The van der Waals surface area contributed by atoms with Gasteiger partial charge in [-0.05, 0) is 32.4 Å². The van der Waals surface area contributed by atoms with Crippen LogP contribution in [-0.4, -0.2) is 41.1 Å². The molecule has 1 aliphatic rings. The van der Waals surface area contributed by atoms with Crippen LogP contribution >= 0.6 is 0 Å². The average molecular weight is 382 g/mol. The smallest absolute Gasteiger partial charge is 0.338 e. The number of allylic oxidation sites excluding steroid dienone is 1. The molecule has 0 bridgehead atoms. The number of carbonyl (C=O) groups excluding carboxylic acids is 2. The Morgan fingerprint density at radius 1 is 1.30 bits per heavy atom. The molecule has 1 aliphatic heterocycles. The van der Waals surface area contributed by atoms with E-state index in [-0.39, 0.29) is 37.3 Å². The number of hydrogen-bond acceptors (Lipinski definition) is 4. The van der Waals surface area contributed by atoms with Crippen molar-refractivity contribution in [2.24, 2.45) is 0 Å². The normalized spacial score (nSPS) is 17.0. The molecule has 7 nitrogen and oxygen atoms in total. The second-order valence-corrected chi connectivity index (χ2v) is 5.89. The molecule has 0 unspecified atom stereocenters. The number of hydrogen-bond donors (Lipinski definition) is 2. The molecule has 1 aromatic carbocycles. The molecule has 2 N–H and O–H groups in total. The van der Waals surface area contributed by atoms with Gasteiger partial charge in [0.1, 0.15) is 11.6 Å². The van der Waals surface area contributed by atoms with Crippen molar-refractivity contribution in [2.45, 2.75) is 32.7 Å². The van der Waals surface area contributed by atoms with Gasteiger partial charge in [0.2, 0.25) is 0 Å². The fourth-order valence-electron chi connectivity index (χ4n) is 2.92. The summed E-state index contributed by atoms with van der Waals surface area (Å²) in [6.07, 6.45) is -0.0217. The number of amides is 2. The molecule has 0 radical (unpaired) electrons. The maximum Gasteiger partial charge on any atom is 0.338 e. The monoisotopic (exact) mass is 382 g/mol. The van der Waals surface area contributed by atoms with Gasteiger partial charge in [-0.1, -0.05) is 6.07 Å². The number of nitrogens with zero attached hydrogens (tertiary/aromatic N) is 1. The van der Waals surface area contributed by atoms with Crippen molar-refractivity contribution in [1.82, 2.24) is 10.2 Å². The predicted octanol–water partition coefficient (Wildman–Crippen LogP) is 2.73. The second kappa shape index (κ2) is 8.61. The number of carboxylic acid groups (broad SMARTS) is 1. The molecule has 146 valence electrons. The van der Waals surface area contributed by atoms with E-state index in [0.29, 0.717) is 0 Å². The van der Waals surface area contributed by atoms with Crippen LogP contribution in [0.3, 0.4) is 0 Å². The summed E-state index contributed by atoms with van der Waals surface area (Å²) < 4.78 is 33.5. The van der Waals surface area contributed by atoms with E-state index in [1.54, 1.807) is 6.92 Å². The second-order valence-electron chi connectivity index (χ2n) is 5.89.